The van der Waals surface area contributed by atoms with Crippen LogP contribution in [0.15, 0.2) is 65.2 Å². The van der Waals surface area contributed by atoms with Gasteiger partial charge in [0.2, 0.25) is 0 Å². The number of benzene rings is 2. The van der Waals surface area contributed by atoms with E-state index < -0.39 is 0 Å². The van der Waals surface area contributed by atoms with Crippen molar-refractivity contribution >= 4 is 23.2 Å². The van der Waals surface area contributed by atoms with Crippen LogP contribution in [0.5, 0.6) is 11.5 Å². The highest BCUT2D eigenvalue weighted by atomic mass is 35.5. The van der Waals surface area contributed by atoms with Crippen molar-refractivity contribution in [2.24, 2.45) is 0 Å². The van der Waals surface area contributed by atoms with Crippen molar-refractivity contribution in [1.82, 2.24) is 0 Å². The molecule has 0 radical (unpaired) electrons. The lowest BCUT2D eigenvalue weighted by molar-refractivity contribution is 0.482. The summed E-state index contributed by atoms with van der Waals surface area (Å²) in [6.07, 6.45) is 2.44. The van der Waals surface area contributed by atoms with E-state index in [-0.39, 0.29) is 4.49 Å². The Labute approximate surface area is 117 Å². The van der Waals surface area contributed by atoms with Gasteiger partial charge in [-0.2, -0.15) is 0 Å². The van der Waals surface area contributed by atoms with Crippen LogP contribution in [0.1, 0.15) is 5.56 Å². The minimum absolute atomic E-state index is 0.282. The maximum atomic E-state index is 5.74. The van der Waals surface area contributed by atoms with Gasteiger partial charge in [-0.05, 0) is 42.3 Å². The third-order valence-corrected chi connectivity index (χ3v) is 2.68. The van der Waals surface area contributed by atoms with Crippen LogP contribution in [0.3, 0.4) is 0 Å². The van der Waals surface area contributed by atoms with Gasteiger partial charge in [-0.25, -0.2) is 0 Å². The summed E-state index contributed by atoms with van der Waals surface area (Å²) in [4.78, 5) is 0. The van der Waals surface area contributed by atoms with Crippen LogP contribution in [0.4, 0.5) is 0 Å². The zero-order chi connectivity index (χ0) is 12.8. The molecule has 0 aliphatic heterocycles. The van der Waals surface area contributed by atoms with E-state index in [4.69, 9.17) is 27.9 Å². The molecular weight excluding hydrogens is 267 g/mol. The van der Waals surface area contributed by atoms with Gasteiger partial charge in [0.1, 0.15) is 16.0 Å². The monoisotopic (exact) mass is 278 g/mol. The van der Waals surface area contributed by atoms with E-state index >= 15 is 0 Å². The predicted molar refractivity (Wildman–Crippen MR) is 76.5 cm³/mol. The number of rotatable bonds is 4. The molecule has 2 aromatic carbocycles. The van der Waals surface area contributed by atoms with Crippen LogP contribution >= 0.6 is 23.2 Å². The van der Waals surface area contributed by atoms with E-state index in [2.05, 4.69) is 0 Å². The van der Waals surface area contributed by atoms with Gasteiger partial charge in [-0.1, -0.05) is 53.5 Å². The maximum Gasteiger partial charge on any atom is 0.127 e. The van der Waals surface area contributed by atoms with Gasteiger partial charge >= 0.3 is 0 Å². The fourth-order valence-corrected chi connectivity index (χ4v) is 1.71. The molecule has 2 aromatic rings. The van der Waals surface area contributed by atoms with Gasteiger partial charge in [0.25, 0.3) is 0 Å². The molecule has 92 valence electrons. The molecule has 0 atom stereocenters. The maximum absolute atomic E-state index is 5.74. The highest BCUT2D eigenvalue weighted by molar-refractivity contribution is 6.55. The van der Waals surface area contributed by atoms with Crippen molar-refractivity contribution in [3.8, 4) is 11.5 Å². The number of ether oxygens (including phenoxy) is 1. The van der Waals surface area contributed by atoms with Gasteiger partial charge < -0.3 is 4.74 Å². The van der Waals surface area contributed by atoms with Crippen LogP contribution in [0.25, 0.3) is 0 Å². The second-order valence-electron chi connectivity index (χ2n) is 3.76. The minimum Gasteiger partial charge on any atom is -0.457 e. The zero-order valence-corrected chi connectivity index (χ0v) is 11.2. The predicted octanol–water partition coefficient (Wildman–Crippen LogP) is 5.34. The Morgan fingerprint density at radius 2 is 1.67 bits per heavy atom. The van der Waals surface area contributed by atoms with Gasteiger partial charge in [0.05, 0.1) is 0 Å². The molecule has 0 fully saturated rings. The highest BCUT2D eigenvalue weighted by Crippen LogP contribution is 2.22. The summed E-state index contributed by atoms with van der Waals surface area (Å²) >= 11 is 11.2. The second-order valence-corrected chi connectivity index (χ2v) is 4.77. The first-order valence-electron chi connectivity index (χ1n) is 5.57. The van der Waals surface area contributed by atoms with Crippen molar-refractivity contribution < 1.29 is 4.74 Å². The number of allylic oxidation sites excluding steroid dienone is 1. The minimum atomic E-state index is 0.282. The van der Waals surface area contributed by atoms with Crippen LogP contribution in [-0.2, 0) is 6.42 Å². The molecule has 0 aliphatic carbocycles. The van der Waals surface area contributed by atoms with E-state index in [1.54, 1.807) is 6.08 Å². The first kappa shape index (κ1) is 13.0. The van der Waals surface area contributed by atoms with Crippen molar-refractivity contribution in [3.05, 3.63) is 70.7 Å². The molecule has 0 saturated heterocycles. The van der Waals surface area contributed by atoms with Crippen molar-refractivity contribution in [1.29, 1.82) is 0 Å². The smallest absolute Gasteiger partial charge is 0.127 e. The quantitative estimate of drug-likeness (QED) is 0.734. The summed E-state index contributed by atoms with van der Waals surface area (Å²) in [5.41, 5.74) is 1.10. The normalized spacial score (nSPS) is 9.89. The molecule has 0 saturated carbocycles. The molecule has 0 heterocycles. The zero-order valence-electron chi connectivity index (χ0n) is 9.64. The van der Waals surface area contributed by atoms with E-state index in [1.165, 1.54) is 0 Å². The highest BCUT2D eigenvalue weighted by Gasteiger charge is 1.98. The van der Waals surface area contributed by atoms with Gasteiger partial charge in [-0.15, -0.1) is 0 Å². The second kappa shape index (κ2) is 6.48. The number of hydrogen-bond acceptors (Lipinski definition) is 1. The Bertz CT molecular complexity index is 531. The first-order valence-corrected chi connectivity index (χ1v) is 6.32. The summed E-state index contributed by atoms with van der Waals surface area (Å²) in [5.74, 6) is 1.62. The number of halogens is 2. The Kier molecular flexibility index (Phi) is 4.68. The fraction of sp³-hybridized carbons (Fsp3) is 0.0667. The molecule has 0 amide bonds. The molecule has 0 aromatic heterocycles. The van der Waals surface area contributed by atoms with Crippen molar-refractivity contribution in [2.75, 3.05) is 0 Å². The molecule has 0 N–H and O–H groups in total. The molecule has 0 aliphatic rings. The summed E-state index contributed by atoms with van der Waals surface area (Å²) in [6.45, 7) is 0. The molecule has 0 unspecified atom stereocenters. The number of para-hydroxylation sites is 1. The van der Waals surface area contributed by atoms with E-state index in [1.807, 2.05) is 54.6 Å². The lowest BCUT2D eigenvalue weighted by Crippen LogP contribution is -1.86. The molecule has 1 nitrogen and oxygen atoms in total. The average Bonchev–Trinajstić information content (AvgIpc) is 2.38. The molecule has 0 spiro atoms. The van der Waals surface area contributed by atoms with Crippen LogP contribution in [0.2, 0.25) is 0 Å². The topological polar surface area (TPSA) is 9.23 Å². The SMILES string of the molecule is ClC(Cl)=CCc1cccc(Oc2ccccc2)c1. The van der Waals surface area contributed by atoms with Crippen LogP contribution in [0, 0.1) is 0 Å². The van der Waals surface area contributed by atoms with Gasteiger partial charge in [0.15, 0.2) is 0 Å². The van der Waals surface area contributed by atoms with Crippen LogP contribution in [-0.4, -0.2) is 0 Å². The van der Waals surface area contributed by atoms with E-state index in [0.717, 1.165) is 17.1 Å². The van der Waals surface area contributed by atoms with Crippen molar-refractivity contribution in [2.45, 2.75) is 6.42 Å². The summed E-state index contributed by atoms with van der Waals surface area (Å²) < 4.78 is 6.02. The summed E-state index contributed by atoms with van der Waals surface area (Å²) in [6, 6.07) is 17.5. The molecule has 0 bridgehead atoms. The summed E-state index contributed by atoms with van der Waals surface area (Å²) in [5, 5.41) is 0. The van der Waals surface area contributed by atoms with Crippen molar-refractivity contribution in [3.63, 3.8) is 0 Å². The molecule has 2 rings (SSSR count). The largest absolute Gasteiger partial charge is 0.457 e. The Hall–Kier alpha value is -1.44. The average molecular weight is 279 g/mol. The molecular formula is C15H12Cl2O. The Morgan fingerprint density at radius 1 is 0.944 bits per heavy atom. The third-order valence-electron chi connectivity index (χ3n) is 2.37. The summed E-state index contributed by atoms with van der Waals surface area (Å²) in [7, 11) is 0. The lowest BCUT2D eigenvalue weighted by atomic mass is 10.1. The van der Waals surface area contributed by atoms with E-state index in [0.29, 0.717) is 6.42 Å². The number of hydrogen-bond donors (Lipinski definition) is 0. The van der Waals surface area contributed by atoms with Crippen LogP contribution < -0.4 is 4.74 Å². The molecule has 3 heteroatoms. The fourth-order valence-electron chi connectivity index (χ4n) is 1.56. The Morgan fingerprint density at radius 3 is 2.39 bits per heavy atom. The lowest BCUT2D eigenvalue weighted by Gasteiger charge is -2.06. The molecule has 18 heavy (non-hydrogen) atoms. The Balaban J connectivity index is 2.10. The van der Waals surface area contributed by atoms with Gasteiger partial charge in [-0.3, -0.25) is 0 Å². The van der Waals surface area contributed by atoms with Gasteiger partial charge in [0, 0.05) is 0 Å². The standard InChI is InChI=1S/C15H12Cl2O/c16-15(17)10-9-12-5-4-8-14(11-12)18-13-6-2-1-3-7-13/h1-8,10-11H,9H2. The third kappa shape index (κ3) is 4.10. The first-order chi connectivity index (χ1) is 8.74. The van der Waals surface area contributed by atoms with E-state index in [9.17, 15) is 0 Å².